The van der Waals surface area contributed by atoms with Crippen molar-refractivity contribution in [3.8, 4) is 0 Å². The monoisotopic (exact) mass is 466 g/mol. The maximum absolute atomic E-state index is 12.3. The van der Waals surface area contributed by atoms with Gasteiger partial charge in [0.05, 0.1) is 18.7 Å². The summed E-state index contributed by atoms with van der Waals surface area (Å²) in [4.78, 5) is 23.3. The fraction of sp³-hybridized carbons (Fsp3) is 0.227. The first-order valence-corrected chi connectivity index (χ1v) is 10.5. The van der Waals surface area contributed by atoms with Crippen molar-refractivity contribution in [1.29, 1.82) is 0 Å². The Bertz CT molecular complexity index is 1070. The molecule has 0 unspecified atom stereocenters. The summed E-state index contributed by atoms with van der Waals surface area (Å²) in [5, 5.41) is 7.05. The van der Waals surface area contributed by atoms with Crippen LogP contribution < -0.4 is 10.6 Å². The van der Waals surface area contributed by atoms with Gasteiger partial charge in [-0.25, -0.2) is 9.97 Å². The topological polar surface area (TPSA) is 79.4 Å². The van der Waals surface area contributed by atoms with Gasteiger partial charge in [-0.2, -0.15) is 0 Å². The van der Waals surface area contributed by atoms with E-state index in [0.717, 1.165) is 53.9 Å². The molecule has 1 aromatic heterocycles. The Hall–Kier alpha value is -2.81. The second kappa shape index (κ2) is 9.80. The highest BCUT2D eigenvalue weighted by Gasteiger charge is 2.09. The van der Waals surface area contributed by atoms with Gasteiger partial charge in [0.25, 0.3) is 0 Å². The molecule has 154 valence electrons. The van der Waals surface area contributed by atoms with Crippen LogP contribution in [0.25, 0.3) is 10.9 Å². The standard InChI is InChI=1S/C22H22BrN5O2/c23-16-3-1-4-17(13-16)27-22-19-14-18(6-7-20(19)24-15-25-22)26-21(29)5-2-8-28-9-11-30-12-10-28/h1-7,13-15H,8-12H2,(H,26,29)(H,24,25,27)/b5-2+/i21-1. The second-order valence-electron chi connectivity index (χ2n) is 6.89. The van der Waals surface area contributed by atoms with Gasteiger partial charge in [0.1, 0.15) is 12.1 Å². The molecule has 0 saturated carbocycles. The van der Waals surface area contributed by atoms with Crippen LogP contribution in [0.4, 0.5) is 17.2 Å². The SMILES string of the molecule is O=[11C](/C=C/CN1CCOCC1)Nc1ccc2ncnc(Nc3cccc(Br)c3)c2c1. The number of anilines is 3. The van der Waals surface area contributed by atoms with E-state index in [1.165, 1.54) is 6.33 Å². The molecule has 4 rings (SSSR count). The van der Waals surface area contributed by atoms with Gasteiger partial charge in [-0.05, 0) is 36.4 Å². The van der Waals surface area contributed by atoms with Crippen LogP contribution >= 0.6 is 15.9 Å². The predicted octanol–water partition coefficient (Wildman–Crippen LogP) is 3.96. The Morgan fingerprint density at radius 2 is 2.00 bits per heavy atom. The zero-order chi connectivity index (χ0) is 20.8. The van der Waals surface area contributed by atoms with Gasteiger partial charge in [0.2, 0.25) is 5.91 Å². The van der Waals surface area contributed by atoms with E-state index >= 15 is 0 Å². The summed E-state index contributed by atoms with van der Waals surface area (Å²) in [6, 6.07) is 13.4. The zero-order valence-electron chi connectivity index (χ0n) is 16.3. The first-order chi connectivity index (χ1) is 14.7. The summed E-state index contributed by atoms with van der Waals surface area (Å²) >= 11 is 3.47. The van der Waals surface area contributed by atoms with Gasteiger partial charge < -0.3 is 15.4 Å². The van der Waals surface area contributed by atoms with Crippen LogP contribution in [0.1, 0.15) is 0 Å². The third-order valence-corrected chi connectivity index (χ3v) is 5.22. The Kier molecular flexibility index (Phi) is 6.68. The normalized spacial score (nSPS) is 14.8. The lowest BCUT2D eigenvalue weighted by molar-refractivity contribution is -0.111. The number of nitrogens with zero attached hydrogens (tertiary/aromatic N) is 3. The van der Waals surface area contributed by atoms with E-state index in [9.17, 15) is 4.79 Å². The number of halogens is 1. The maximum Gasteiger partial charge on any atom is 0.248 e. The molecule has 2 heterocycles. The molecule has 1 aliphatic rings. The van der Waals surface area contributed by atoms with E-state index in [1.807, 2.05) is 48.5 Å². The van der Waals surface area contributed by atoms with Gasteiger partial charge in [-0.1, -0.05) is 28.1 Å². The van der Waals surface area contributed by atoms with E-state index < -0.39 is 0 Å². The van der Waals surface area contributed by atoms with Crippen molar-refractivity contribution in [3.63, 3.8) is 0 Å². The van der Waals surface area contributed by atoms with E-state index in [2.05, 4.69) is 41.4 Å². The molecule has 1 aliphatic heterocycles. The number of nitrogens with one attached hydrogen (secondary N) is 2. The number of morpholine rings is 1. The average molecular weight is 467 g/mol. The molecule has 1 fully saturated rings. The van der Waals surface area contributed by atoms with Crippen molar-refractivity contribution in [1.82, 2.24) is 14.9 Å². The number of carbonyl (C=O) groups is 1. The molecular weight excluding hydrogens is 445 g/mol. The Labute approximate surface area is 183 Å². The smallest absolute Gasteiger partial charge is 0.248 e. The van der Waals surface area contributed by atoms with Crippen molar-refractivity contribution < 1.29 is 9.53 Å². The van der Waals surface area contributed by atoms with Gasteiger partial charge in [0, 0.05) is 46.9 Å². The highest BCUT2D eigenvalue weighted by atomic mass is 79.9. The second-order valence-corrected chi connectivity index (χ2v) is 7.81. The third-order valence-electron chi connectivity index (χ3n) is 4.73. The molecule has 3 aromatic rings. The minimum atomic E-state index is -0.166. The highest BCUT2D eigenvalue weighted by Crippen LogP contribution is 2.26. The molecule has 0 aliphatic carbocycles. The average Bonchev–Trinajstić information content (AvgIpc) is 2.75. The zero-order valence-corrected chi connectivity index (χ0v) is 17.9. The highest BCUT2D eigenvalue weighted by molar-refractivity contribution is 9.10. The molecular formula is C22H22BrN5O2. The molecule has 2 N–H and O–H groups in total. The van der Waals surface area contributed by atoms with Gasteiger partial charge >= 0.3 is 0 Å². The quantitative estimate of drug-likeness (QED) is 0.535. The van der Waals surface area contributed by atoms with Crippen LogP contribution in [0.15, 0.2) is 65.4 Å². The van der Waals surface area contributed by atoms with E-state index in [4.69, 9.17) is 4.74 Å². The van der Waals surface area contributed by atoms with Crippen molar-refractivity contribution in [2.24, 2.45) is 0 Å². The Morgan fingerprint density at radius 1 is 1.13 bits per heavy atom. The molecule has 1 amide bonds. The van der Waals surface area contributed by atoms with Crippen LogP contribution in [-0.4, -0.2) is 53.6 Å². The summed E-state index contributed by atoms with van der Waals surface area (Å²) in [7, 11) is 0. The van der Waals surface area contributed by atoms with Gasteiger partial charge in [-0.15, -0.1) is 0 Å². The maximum atomic E-state index is 12.3. The molecule has 0 bridgehead atoms. The Morgan fingerprint density at radius 3 is 2.83 bits per heavy atom. The van der Waals surface area contributed by atoms with Crippen LogP contribution in [0, 0.1) is 0 Å². The molecule has 7 nitrogen and oxygen atoms in total. The summed E-state index contributed by atoms with van der Waals surface area (Å²) in [6.45, 7) is 4.02. The number of carbonyl (C=O) groups excluding carboxylic acids is 1. The lowest BCUT2D eigenvalue weighted by atomic mass is 10.00. The van der Waals surface area contributed by atoms with Crippen LogP contribution in [0.5, 0.6) is 0 Å². The first kappa shape index (κ1) is 20.5. The van der Waals surface area contributed by atoms with Crippen molar-refractivity contribution in [3.05, 3.63) is 65.4 Å². The Balaban J connectivity index is 1.46. The number of aromatic nitrogens is 2. The fourth-order valence-electron chi connectivity index (χ4n) is 3.21. The van der Waals surface area contributed by atoms with Gasteiger partial charge in [-0.3, -0.25) is 9.69 Å². The van der Waals surface area contributed by atoms with Crippen molar-refractivity contribution >= 4 is 49.9 Å². The lowest BCUT2D eigenvalue weighted by Crippen LogP contribution is -2.36. The summed E-state index contributed by atoms with van der Waals surface area (Å²) in [5.74, 6) is 0.512. The molecule has 2 aromatic carbocycles. The van der Waals surface area contributed by atoms with Crippen molar-refractivity contribution in [2.45, 2.75) is 0 Å². The number of fused-ring (bicyclic) bond motifs is 1. The largest absolute Gasteiger partial charge is 0.379 e. The minimum Gasteiger partial charge on any atom is -0.379 e. The summed E-state index contributed by atoms with van der Waals surface area (Å²) in [5.41, 5.74) is 2.39. The number of rotatable bonds is 6. The van der Waals surface area contributed by atoms with E-state index in [0.29, 0.717) is 11.5 Å². The molecule has 8 heteroatoms. The minimum absolute atomic E-state index is 0.166. The summed E-state index contributed by atoms with van der Waals surface area (Å²) in [6.07, 6.45) is 4.97. The number of hydrogen-bond donors (Lipinski definition) is 2. The third kappa shape index (κ3) is 5.41. The predicted molar refractivity (Wildman–Crippen MR) is 122 cm³/mol. The molecule has 0 spiro atoms. The van der Waals surface area contributed by atoms with Gasteiger partial charge in [0.15, 0.2) is 0 Å². The summed E-state index contributed by atoms with van der Waals surface area (Å²) < 4.78 is 6.31. The molecule has 30 heavy (non-hydrogen) atoms. The van der Waals surface area contributed by atoms with Crippen LogP contribution in [0.2, 0.25) is 0 Å². The van der Waals surface area contributed by atoms with E-state index in [-0.39, 0.29) is 5.91 Å². The van der Waals surface area contributed by atoms with Crippen molar-refractivity contribution in [2.75, 3.05) is 43.5 Å². The number of ether oxygens (including phenoxy) is 1. The number of amides is 1. The lowest BCUT2D eigenvalue weighted by Gasteiger charge is -2.25. The van der Waals surface area contributed by atoms with E-state index in [1.54, 1.807) is 6.08 Å². The number of hydrogen-bond acceptors (Lipinski definition) is 6. The molecule has 0 atom stereocenters. The number of benzene rings is 2. The molecule has 0 radical (unpaired) electrons. The molecule has 1 saturated heterocycles. The van der Waals surface area contributed by atoms with Crippen LogP contribution in [-0.2, 0) is 9.53 Å². The first-order valence-electron chi connectivity index (χ1n) is 9.72. The van der Waals surface area contributed by atoms with Crippen LogP contribution in [0.3, 0.4) is 0 Å². The fourth-order valence-corrected chi connectivity index (χ4v) is 3.61.